The fourth-order valence-electron chi connectivity index (χ4n) is 0.507. The molecule has 0 aliphatic rings. The molecule has 0 rings (SSSR count). The molecule has 9 heavy (non-hydrogen) atoms. The number of hydrogen-bond donors (Lipinski definition) is 0. The molecule has 0 aromatic heterocycles. The lowest BCUT2D eigenvalue weighted by Crippen LogP contribution is -1.98. The minimum Gasteiger partial charge on any atom is -0.483 e. The number of rotatable bonds is 3. The molecular formula is C6H12ClNO. The summed E-state index contributed by atoms with van der Waals surface area (Å²) in [5.41, 5.74) is 0. The molecule has 0 N–H and O–H groups in total. The molecule has 0 bridgehead atoms. The van der Waals surface area contributed by atoms with Crippen molar-refractivity contribution in [3.05, 3.63) is 0 Å². The van der Waals surface area contributed by atoms with Crippen LogP contribution in [0.25, 0.3) is 0 Å². The van der Waals surface area contributed by atoms with E-state index in [2.05, 4.69) is 11.4 Å². The van der Waals surface area contributed by atoms with Crippen molar-refractivity contribution in [2.24, 2.45) is 4.51 Å². The highest BCUT2D eigenvalue weighted by atomic mass is 35.5. The smallest absolute Gasteiger partial charge is 0.200 e. The van der Waals surface area contributed by atoms with Gasteiger partial charge in [0.05, 0.1) is 7.11 Å². The molecule has 54 valence electrons. The third-order valence-corrected chi connectivity index (χ3v) is 1.26. The average molecular weight is 150 g/mol. The summed E-state index contributed by atoms with van der Waals surface area (Å²) in [6.07, 6.45) is 3.06. The summed E-state index contributed by atoms with van der Waals surface area (Å²) in [5.74, 6) is 0.624. The van der Waals surface area contributed by atoms with Crippen LogP contribution in [0.4, 0.5) is 0 Å². The monoisotopic (exact) mass is 149 g/mol. The summed E-state index contributed by atoms with van der Waals surface area (Å²) in [6, 6.07) is 0. The molecule has 0 aromatic carbocycles. The van der Waals surface area contributed by atoms with Gasteiger partial charge in [0.15, 0.2) is 0 Å². The lowest BCUT2D eigenvalue weighted by atomic mass is 10.2. The standard InChI is InChI=1S/C6H12ClNO/c1-3-4-5-6(8-7)9-2/h3-5H2,1-2H3/b8-6-. The molecule has 2 nitrogen and oxygen atoms in total. The van der Waals surface area contributed by atoms with Gasteiger partial charge in [-0.15, -0.1) is 4.51 Å². The first-order chi connectivity index (χ1) is 4.35. The number of halogens is 1. The van der Waals surface area contributed by atoms with E-state index in [1.807, 2.05) is 0 Å². The maximum atomic E-state index is 5.17. The zero-order valence-electron chi connectivity index (χ0n) is 5.85. The second kappa shape index (κ2) is 5.89. The Hall–Kier alpha value is -0.240. The fraction of sp³-hybridized carbons (Fsp3) is 0.833. The van der Waals surface area contributed by atoms with Gasteiger partial charge in [0.25, 0.3) is 0 Å². The summed E-state index contributed by atoms with van der Waals surface area (Å²) in [7, 11) is 1.58. The first kappa shape index (κ1) is 8.76. The van der Waals surface area contributed by atoms with Crippen molar-refractivity contribution in [2.45, 2.75) is 26.2 Å². The van der Waals surface area contributed by atoms with Crippen molar-refractivity contribution in [3.63, 3.8) is 0 Å². The Labute approximate surface area is 61.0 Å². The molecule has 0 amide bonds. The van der Waals surface area contributed by atoms with Crippen molar-refractivity contribution >= 4 is 17.7 Å². The van der Waals surface area contributed by atoms with Crippen LogP contribution >= 0.6 is 11.8 Å². The van der Waals surface area contributed by atoms with E-state index in [1.165, 1.54) is 0 Å². The van der Waals surface area contributed by atoms with Gasteiger partial charge >= 0.3 is 0 Å². The molecule has 3 heteroatoms. The Morgan fingerprint density at radius 2 is 2.33 bits per heavy atom. The molecule has 0 aliphatic carbocycles. The van der Waals surface area contributed by atoms with E-state index in [9.17, 15) is 0 Å². The topological polar surface area (TPSA) is 21.6 Å². The van der Waals surface area contributed by atoms with Crippen LogP contribution in [0.2, 0.25) is 0 Å². The van der Waals surface area contributed by atoms with Crippen molar-refractivity contribution in [1.29, 1.82) is 0 Å². The van der Waals surface area contributed by atoms with Gasteiger partial charge in [0.1, 0.15) is 0 Å². The summed E-state index contributed by atoms with van der Waals surface area (Å²) in [6.45, 7) is 2.11. The lowest BCUT2D eigenvalue weighted by molar-refractivity contribution is 0.389. The van der Waals surface area contributed by atoms with Crippen LogP contribution in [-0.2, 0) is 4.74 Å². The summed E-state index contributed by atoms with van der Waals surface area (Å²) in [5, 5.41) is 0. The first-order valence-electron chi connectivity index (χ1n) is 3.07. The molecule has 0 aromatic rings. The van der Waals surface area contributed by atoms with Crippen LogP contribution in [0.3, 0.4) is 0 Å². The molecule has 0 radical (unpaired) electrons. The quantitative estimate of drug-likeness (QED) is 0.446. The number of unbranched alkanes of at least 4 members (excludes halogenated alkanes) is 1. The second-order valence-electron chi connectivity index (χ2n) is 1.79. The molecule has 0 saturated heterocycles. The Morgan fingerprint density at radius 1 is 1.67 bits per heavy atom. The second-order valence-corrected chi connectivity index (χ2v) is 1.95. The molecule has 0 heterocycles. The highest BCUT2D eigenvalue weighted by Gasteiger charge is 1.94. The molecule has 0 fully saturated rings. The predicted octanol–water partition coefficient (Wildman–Crippen LogP) is 2.38. The van der Waals surface area contributed by atoms with E-state index < -0.39 is 0 Å². The largest absolute Gasteiger partial charge is 0.483 e. The molecule has 0 unspecified atom stereocenters. The van der Waals surface area contributed by atoms with Gasteiger partial charge in [0, 0.05) is 18.2 Å². The first-order valence-corrected chi connectivity index (χ1v) is 3.40. The molecular weight excluding hydrogens is 138 g/mol. The SMILES string of the molecule is CCCC/C(=N/Cl)OC. The van der Waals surface area contributed by atoms with Crippen LogP contribution in [0.1, 0.15) is 26.2 Å². The molecule has 0 aliphatic heterocycles. The van der Waals surface area contributed by atoms with E-state index in [0.717, 1.165) is 19.3 Å². The zero-order valence-corrected chi connectivity index (χ0v) is 6.61. The van der Waals surface area contributed by atoms with Crippen LogP contribution in [0.5, 0.6) is 0 Å². The lowest BCUT2D eigenvalue weighted by Gasteiger charge is -1.99. The van der Waals surface area contributed by atoms with Crippen LogP contribution in [0.15, 0.2) is 4.51 Å². The predicted molar refractivity (Wildman–Crippen MR) is 39.8 cm³/mol. The maximum absolute atomic E-state index is 5.17. The van der Waals surface area contributed by atoms with Crippen molar-refractivity contribution < 1.29 is 4.74 Å². The van der Waals surface area contributed by atoms with Crippen LogP contribution in [-0.4, -0.2) is 13.0 Å². The summed E-state index contributed by atoms with van der Waals surface area (Å²) >= 11 is 5.17. The minimum atomic E-state index is 0.624. The summed E-state index contributed by atoms with van der Waals surface area (Å²) < 4.78 is 8.23. The number of ether oxygens (including phenoxy) is 1. The molecule has 0 spiro atoms. The van der Waals surface area contributed by atoms with Gasteiger partial charge in [-0.2, -0.15) is 0 Å². The van der Waals surface area contributed by atoms with E-state index in [1.54, 1.807) is 7.11 Å². The Balaban J connectivity index is 3.33. The Bertz CT molecular complexity index is 93.1. The van der Waals surface area contributed by atoms with E-state index in [-0.39, 0.29) is 0 Å². The maximum Gasteiger partial charge on any atom is 0.200 e. The average Bonchev–Trinajstić information content (AvgIpc) is 1.91. The third-order valence-electron chi connectivity index (χ3n) is 1.07. The van der Waals surface area contributed by atoms with Gasteiger partial charge < -0.3 is 4.74 Å². The Kier molecular flexibility index (Phi) is 5.73. The van der Waals surface area contributed by atoms with Gasteiger partial charge in [-0.3, -0.25) is 0 Å². The highest BCUT2D eigenvalue weighted by molar-refractivity contribution is 6.19. The number of methoxy groups -OCH3 is 1. The van der Waals surface area contributed by atoms with Gasteiger partial charge in [0.2, 0.25) is 5.90 Å². The third kappa shape index (κ3) is 4.28. The Morgan fingerprint density at radius 3 is 2.67 bits per heavy atom. The van der Waals surface area contributed by atoms with Crippen LogP contribution < -0.4 is 0 Å². The molecule has 0 saturated carbocycles. The normalized spacial score (nSPS) is 11.7. The van der Waals surface area contributed by atoms with Crippen molar-refractivity contribution in [1.82, 2.24) is 0 Å². The fourth-order valence-corrected chi connectivity index (χ4v) is 0.660. The zero-order chi connectivity index (χ0) is 7.11. The highest BCUT2D eigenvalue weighted by Crippen LogP contribution is 1.98. The number of hydrogen-bond acceptors (Lipinski definition) is 2. The van der Waals surface area contributed by atoms with E-state index in [0.29, 0.717) is 5.90 Å². The van der Waals surface area contributed by atoms with E-state index in [4.69, 9.17) is 16.5 Å². The molecule has 0 atom stereocenters. The minimum absolute atomic E-state index is 0.624. The van der Waals surface area contributed by atoms with Gasteiger partial charge in [-0.25, -0.2) is 0 Å². The van der Waals surface area contributed by atoms with Crippen molar-refractivity contribution in [2.75, 3.05) is 7.11 Å². The number of nitrogens with zero attached hydrogens (tertiary/aromatic N) is 1. The summed E-state index contributed by atoms with van der Waals surface area (Å²) in [4.78, 5) is 0. The van der Waals surface area contributed by atoms with Gasteiger partial charge in [-0.05, 0) is 6.42 Å². The van der Waals surface area contributed by atoms with Gasteiger partial charge in [-0.1, -0.05) is 13.3 Å². The van der Waals surface area contributed by atoms with Crippen molar-refractivity contribution in [3.8, 4) is 0 Å². The van der Waals surface area contributed by atoms with Crippen LogP contribution in [0, 0.1) is 0 Å². The van der Waals surface area contributed by atoms with E-state index >= 15 is 0 Å².